The van der Waals surface area contributed by atoms with Gasteiger partial charge in [-0.1, -0.05) is 18.2 Å². The van der Waals surface area contributed by atoms with E-state index in [0.29, 0.717) is 18.0 Å². The number of rotatable bonds is 6. The number of esters is 1. The van der Waals surface area contributed by atoms with Crippen LogP contribution in [0.2, 0.25) is 0 Å². The van der Waals surface area contributed by atoms with Crippen molar-refractivity contribution in [2.45, 2.75) is 13.0 Å². The monoisotopic (exact) mass is 356 g/mol. The van der Waals surface area contributed by atoms with Crippen molar-refractivity contribution in [3.05, 3.63) is 54.5 Å². The van der Waals surface area contributed by atoms with Crippen molar-refractivity contribution in [3.63, 3.8) is 0 Å². The number of nitrogens with zero attached hydrogens (tertiary/aromatic N) is 2. The third-order valence-corrected chi connectivity index (χ3v) is 4.33. The van der Waals surface area contributed by atoms with Crippen LogP contribution in [0.4, 0.5) is 5.69 Å². The number of amides is 2. The van der Waals surface area contributed by atoms with Crippen molar-refractivity contribution in [1.82, 2.24) is 4.90 Å². The van der Waals surface area contributed by atoms with Crippen molar-refractivity contribution in [1.29, 1.82) is 0 Å². The van der Waals surface area contributed by atoms with Crippen LogP contribution in [0.15, 0.2) is 53.1 Å². The third kappa shape index (κ3) is 4.11. The molecule has 136 valence electrons. The SMILES string of the molecule is CN(C(=O)COC(=O)C1CC(=O)N(Cc2ccco2)C1)c1ccccc1. The second-order valence-electron chi connectivity index (χ2n) is 6.15. The van der Waals surface area contributed by atoms with Crippen LogP contribution in [0.5, 0.6) is 0 Å². The van der Waals surface area contributed by atoms with E-state index in [4.69, 9.17) is 9.15 Å². The number of likely N-dealkylation sites (N-methyl/N-ethyl adjacent to an activating group) is 1. The number of para-hydroxylation sites is 1. The van der Waals surface area contributed by atoms with Crippen molar-refractivity contribution in [2.24, 2.45) is 5.92 Å². The number of benzene rings is 1. The molecule has 0 bridgehead atoms. The summed E-state index contributed by atoms with van der Waals surface area (Å²) in [6, 6.07) is 12.6. The van der Waals surface area contributed by atoms with E-state index in [9.17, 15) is 14.4 Å². The smallest absolute Gasteiger partial charge is 0.311 e. The molecule has 1 aromatic carbocycles. The fourth-order valence-corrected chi connectivity index (χ4v) is 2.82. The minimum atomic E-state index is -0.563. The van der Waals surface area contributed by atoms with Crippen molar-refractivity contribution >= 4 is 23.5 Å². The second kappa shape index (κ2) is 7.86. The largest absolute Gasteiger partial charge is 0.467 e. The van der Waals surface area contributed by atoms with Crippen LogP contribution < -0.4 is 4.90 Å². The fraction of sp³-hybridized carbons (Fsp3) is 0.316. The molecule has 2 aromatic rings. The van der Waals surface area contributed by atoms with Gasteiger partial charge in [-0.2, -0.15) is 0 Å². The van der Waals surface area contributed by atoms with E-state index < -0.39 is 11.9 Å². The highest BCUT2D eigenvalue weighted by Crippen LogP contribution is 2.21. The van der Waals surface area contributed by atoms with Crippen molar-refractivity contribution < 1.29 is 23.5 Å². The Morgan fingerprint density at radius 1 is 1.23 bits per heavy atom. The zero-order chi connectivity index (χ0) is 18.5. The van der Waals surface area contributed by atoms with Crippen molar-refractivity contribution in [3.8, 4) is 0 Å². The molecule has 1 fully saturated rings. The minimum Gasteiger partial charge on any atom is -0.467 e. The lowest BCUT2D eigenvalue weighted by molar-refractivity contribution is -0.151. The first-order chi connectivity index (χ1) is 12.5. The van der Waals surface area contributed by atoms with Gasteiger partial charge >= 0.3 is 5.97 Å². The van der Waals surface area contributed by atoms with Gasteiger partial charge in [0.05, 0.1) is 18.7 Å². The molecule has 3 rings (SSSR count). The minimum absolute atomic E-state index is 0.0856. The highest BCUT2D eigenvalue weighted by Gasteiger charge is 2.36. The van der Waals surface area contributed by atoms with Gasteiger partial charge in [0, 0.05) is 25.7 Å². The summed E-state index contributed by atoms with van der Waals surface area (Å²) in [7, 11) is 1.62. The van der Waals surface area contributed by atoms with Crippen molar-refractivity contribution in [2.75, 3.05) is 25.1 Å². The van der Waals surface area contributed by atoms with E-state index >= 15 is 0 Å². The van der Waals surface area contributed by atoms with Crippen LogP contribution in [-0.4, -0.2) is 42.9 Å². The lowest BCUT2D eigenvalue weighted by atomic mass is 10.1. The molecule has 0 aliphatic carbocycles. The maximum absolute atomic E-state index is 12.2. The first kappa shape index (κ1) is 17.7. The topological polar surface area (TPSA) is 80.1 Å². The summed E-state index contributed by atoms with van der Waals surface area (Å²) < 4.78 is 10.4. The first-order valence-electron chi connectivity index (χ1n) is 8.33. The van der Waals surface area contributed by atoms with Gasteiger partial charge in [-0.3, -0.25) is 14.4 Å². The number of hydrogen-bond acceptors (Lipinski definition) is 5. The number of likely N-dealkylation sites (tertiary alicyclic amines) is 1. The van der Waals surface area contributed by atoms with Gasteiger partial charge in [-0.05, 0) is 24.3 Å². The van der Waals surface area contributed by atoms with Gasteiger partial charge < -0.3 is 19.0 Å². The summed E-state index contributed by atoms with van der Waals surface area (Å²) in [5.74, 6) is -0.896. The van der Waals surface area contributed by atoms with E-state index in [1.807, 2.05) is 18.2 Å². The quantitative estimate of drug-likeness (QED) is 0.738. The summed E-state index contributed by atoms with van der Waals surface area (Å²) in [5, 5.41) is 0. The van der Waals surface area contributed by atoms with E-state index in [2.05, 4.69) is 0 Å². The maximum atomic E-state index is 12.2. The Balaban J connectivity index is 1.49. The van der Waals surface area contributed by atoms with Crippen LogP contribution in [0, 0.1) is 5.92 Å². The fourth-order valence-electron chi connectivity index (χ4n) is 2.82. The summed E-state index contributed by atoms with van der Waals surface area (Å²) in [4.78, 5) is 39.4. The van der Waals surface area contributed by atoms with Gasteiger partial charge in [-0.25, -0.2) is 0 Å². The highest BCUT2D eigenvalue weighted by molar-refractivity contribution is 5.95. The third-order valence-electron chi connectivity index (χ3n) is 4.33. The van der Waals surface area contributed by atoms with E-state index in [0.717, 1.165) is 0 Å². The van der Waals surface area contributed by atoms with E-state index in [-0.39, 0.29) is 31.4 Å². The number of anilines is 1. The zero-order valence-electron chi connectivity index (χ0n) is 14.5. The van der Waals surface area contributed by atoms with Gasteiger partial charge in [0.2, 0.25) is 5.91 Å². The molecule has 26 heavy (non-hydrogen) atoms. The maximum Gasteiger partial charge on any atom is 0.311 e. The molecule has 1 unspecified atom stereocenters. The summed E-state index contributed by atoms with van der Waals surface area (Å²) in [5.41, 5.74) is 0.717. The number of furan rings is 1. The lowest BCUT2D eigenvalue weighted by Crippen LogP contribution is -2.32. The van der Waals surface area contributed by atoms with Gasteiger partial charge in [0.15, 0.2) is 6.61 Å². The van der Waals surface area contributed by atoms with E-state index in [1.54, 1.807) is 36.2 Å². The van der Waals surface area contributed by atoms with Gasteiger partial charge in [0.25, 0.3) is 5.91 Å². The molecule has 0 spiro atoms. The van der Waals surface area contributed by atoms with Gasteiger partial charge in [0.1, 0.15) is 5.76 Å². The average Bonchev–Trinajstić information content (AvgIpc) is 3.30. The molecule has 0 radical (unpaired) electrons. The average molecular weight is 356 g/mol. The molecule has 0 saturated carbocycles. The predicted molar refractivity (Wildman–Crippen MR) is 93.0 cm³/mol. The predicted octanol–water partition coefficient (Wildman–Crippen LogP) is 1.83. The molecule has 2 amide bonds. The normalized spacial score (nSPS) is 16.6. The molecule has 1 saturated heterocycles. The second-order valence-corrected chi connectivity index (χ2v) is 6.15. The Morgan fingerprint density at radius 2 is 2.00 bits per heavy atom. The molecule has 1 aromatic heterocycles. The standard InChI is InChI=1S/C19H20N2O5/c1-20(15-6-3-2-4-7-15)18(23)13-26-19(24)14-10-17(22)21(11-14)12-16-8-5-9-25-16/h2-9,14H,10-13H2,1H3. The molecule has 2 heterocycles. The van der Waals surface area contributed by atoms with Crippen LogP contribution in [0.25, 0.3) is 0 Å². The Morgan fingerprint density at radius 3 is 2.69 bits per heavy atom. The molecular weight excluding hydrogens is 336 g/mol. The first-order valence-corrected chi connectivity index (χ1v) is 8.33. The Bertz CT molecular complexity index is 772. The Hall–Kier alpha value is -3.09. The summed E-state index contributed by atoms with van der Waals surface area (Å²) in [6.45, 7) is 0.236. The Kier molecular flexibility index (Phi) is 5.36. The molecule has 1 atom stereocenters. The molecular formula is C19H20N2O5. The van der Waals surface area contributed by atoms with Crippen LogP contribution in [0.3, 0.4) is 0 Å². The number of carbonyl (C=O) groups excluding carboxylic acids is 3. The number of ether oxygens (including phenoxy) is 1. The summed E-state index contributed by atoms with van der Waals surface area (Å²) >= 11 is 0. The van der Waals surface area contributed by atoms with Crippen LogP contribution in [-0.2, 0) is 25.7 Å². The molecule has 1 aliphatic rings. The van der Waals surface area contributed by atoms with E-state index in [1.165, 1.54) is 11.2 Å². The number of carbonyl (C=O) groups is 3. The van der Waals surface area contributed by atoms with Gasteiger partial charge in [-0.15, -0.1) is 0 Å². The molecule has 1 aliphatic heterocycles. The van der Waals surface area contributed by atoms with Crippen LogP contribution in [0.1, 0.15) is 12.2 Å². The molecule has 7 nitrogen and oxygen atoms in total. The highest BCUT2D eigenvalue weighted by atomic mass is 16.5. The molecule has 0 N–H and O–H groups in total. The van der Waals surface area contributed by atoms with Crippen LogP contribution >= 0.6 is 0 Å². The zero-order valence-corrected chi connectivity index (χ0v) is 14.5. The molecule has 7 heteroatoms. The lowest BCUT2D eigenvalue weighted by Gasteiger charge is -2.18. The summed E-state index contributed by atoms with van der Waals surface area (Å²) in [6.07, 6.45) is 1.62. The Labute approximate surface area is 151 Å². The number of hydrogen-bond donors (Lipinski definition) is 0.